The molecule has 2 aliphatic rings. The fraction of sp³-hybridized carbons (Fsp3) is 0.333. The molecule has 2 aliphatic heterocycles. The molecule has 0 radical (unpaired) electrons. The summed E-state index contributed by atoms with van der Waals surface area (Å²) in [6.07, 6.45) is 6.08. The van der Waals surface area contributed by atoms with Crippen LogP contribution in [0.15, 0.2) is 48.7 Å². The number of carboxylic acid groups (broad SMARTS) is 1. The first-order valence-electron chi connectivity index (χ1n) is 9.48. The van der Waals surface area contributed by atoms with Crippen LogP contribution in [0.1, 0.15) is 23.3 Å². The molecule has 1 saturated heterocycles. The Kier molecular flexibility index (Phi) is 5.26. The first-order chi connectivity index (χ1) is 14.1. The number of carbonyl (C=O) groups excluding carboxylic acids is 2. The van der Waals surface area contributed by atoms with E-state index in [0.29, 0.717) is 11.8 Å². The van der Waals surface area contributed by atoms with Crippen molar-refractivity contribution in [3.8, 4) is 0 Å². The van der Waals surface area contributed by atoms with Crippen molar-refractivity contribution in [3.63, 3.8) is 0 Å². The van der Waals surface area contributed by atoms with E-state index in [0.717, 1.165) is 5.39 Å². The lowest BCUT2D eigenvalue weighted by Crippen LogP contribution is -2.62. The van der Waals surface area contributed by atoms with Crippen LogP contribution in [0.5, 0.6) is 0 Å². The Labute approximate surface area is 167 Å². The van der Waals surface area contributed by atoms with Crippen molar-refractivity contribution in [2.24, 2.45) is 0 Å². The monoisotopic (exact) mass is 395 g/mol. The Bertz CT molecular complexity index is 984. The number of nitrogens with zero attached hydrogens (tertiary/aromatic N) is 2. The van der Waals surface area contributed by atoms with Crippen LogP contribution >= 0.6 is 0 Å². The predicted octanol–water partition coefficient (Wildman–Crippen LogP) is 1.36. The number of pyridine rings is 1. The van der Waals surface area contributed by atoms with Gasteiger partial charge in [0, 0.05) is 11.6 Å². The highest BCUT2D eigenvalue weighted by Crippen LogP contribution is 2.22. The molecule has 2 amide bonds. The number of fused-ring (bicyclic) bond motifs is 2. The van der Waals surface area contributed by atoms with Gasteiger partial charge >= 0.3 is 5.97 Å². The van der Waals surface area contributed by atoms with Gasteiger partial charge in [0.1, 0.15) is 11.7 Å². The van der Waals surface area contributed by atoms with Gasteiger partial charge in [-0.15, -0.1) is 0 Å². The molecule has 2 N–H and O–H groups in total. The molecule has 0 aliphatic carbocycles. The second-order valence-electron chi connectivity index (χ2n) is 7.14. The molecular weight excluding hydrogens is 374 g/mol. The van der Waals surface area contributed by atoms with E-state index >= 15 is 0 Å². The Morgan fingerprint density at radius 3 is 2.76 bits per heavy atom. The number of morpholine rings is 1. The second kappa shape index (κ2) is 8.00. The van der Waals surface area contributed by atoms with E-state index in [-0.39, 0.29) is 31.4 Å². The van der Waals surface area contributed by atoms with Crippen LogP contribution in [-0.2, 0) is 14.3 Å². The van der Waals surface area contributed by atoms with Crippen molar-refractivity contribution in [1.29, 1.82) is 0 Å². The Balaban J connectivity index is 1.62. The van der Waals surface area contributed by atoms with E-state index in [9.17, 15) is 19.5 Å². The predicted molar refractivity (Wildman–Crippen MR) is 104 cm³/mol. The number of carboxylic acids is 1. The van der Waals surface area contributed by atoms with Gasteiger partial charge in [-0.2, -0.15) is 0 Å². The van der Waals surface area contributed by atoms with Crippen LogP contribution in [0.3, 0.4) is 0 Å². The molecule has 4 rings (SSSR count). The average Bonchev–Trinajstić information content (AvgIpc) is 2.73. The molecule has 3 heterocycles. The van der Waals surface area contributed by atoms with Gasteiger partial charge in [-0.3, -0.25) is 14.6 Å². The van der Waals surface area contributed by atoms with Gasteiger partial charge in [-0.05, 0) is 24.3 Å². The second-order valence-corrected chi connectivity index (χ2v) is 7.14. The topological polar surface area (TPSA) is 109 Å². The van der Waals surface area contributed by atoms with Crippen molar-refractivity contribution < 1.29 is 24.2 Å². The van der Waals surface area contributed by atoms with Crippen LogP contribution in [0, 0.1) is 0 Å². The first-order valence-corrected chi connectivity index (χ1v) is 9.48. The van der Waals surface area contributed by atoms with Crippen LogP contribution in [-0.4, -0.2) is 64.1 Å². The molecule has 29 heavy (non-hydrogen) atoms. The molecule has 150 valence electrons. The number of amides is 2. The highest BCUT2D eigenvalue weighted by Gasteiger charge is 2.42. The summed E-state index contributed by atoms with van der Waals surface area (Å²) in [6, 6.07) is 6.88. The summed E-state index contributed by atoms with van der Waals surface area (Å²) >= 11 is 0. The lowest BCUT2D eigenvalue weighted by Gasteiger charge is -2.42. The lowest BCUT2D eigenvalue weighted by molar-refractivity contribution is -0.164. The summed E-state index contributed by atoms with van der Waals surface area (Å²) in [5, 5.41) is 13.9. The van der Waals surface area contributed by atoms with E-state index < -0.39 is 29.9 Å². The highest BCUT2D eigenvalue weighted by atomic mass is 16.5. The maximum Gasteiger partial charge on any atom is 0.328 e. The fourth-order valence-corrected chi connectivity index (χ4v) is 3.85. The number of hydrogen-bond acceptors (Lipinski definition) is 5. The smallest absolute Gasteiger partial charge is 0.328 e. The Morgan fingerprint density at radius 2 is 1.93 bits per heavy atom. The number of aromatic nitrogens is 1. The zero-order valence-corrected chi connectivity index (χ0v) is 15.7. The van der Waals surface area contributed by atoms with Crippen LogP contribution < -0.4 is 5.32 Å². The molecule has 0 spiro atoms. The van der Waals surface area contributed by atoms with E-state index in [1.54, 1.807) is 12.3 Å². The van der Waals surface area contributed by atoms with Crippen LogP contribution in [0.4, 0.5) is 0 Å². The average molecular weight is 395 g/mol. The van der Waals surface area contributed by atoms with Crippen molar-refractivity contribution in [1.82, 2.24) is 15.2 Å². The van der Waals surface area contributed by atoms with Gasteiger partial charge in [-0.1, -0.05) is 36.4 Å². The van der Waals surface area contributed by atoms with Gasteiger partial charge < -0.3 is 20.1 Å². The minimum atomic E-state index is -1.12. The van der Waals surface area contributed by atoms with Crippen molar-refractivity contribution >= 4 is 28.6 Å². The van der Waals surface area contributed by atoms with E-state index in [1.807, 2.05) is 36.4 Å². The molecule has 8 nitrogen and oxygen atoms in total. The Hall–Kier alpha value is -3.26. The third kappa shape index (κ3) is 3.71. The molecule has 1 aromatic carbocycles. The summed E-state index contributed by atoms with van der Waals surface area (Å²) in [6.45, 7) is 0.207. The number of hydrogen-bond donors (Lipinski definition) is 2. The molecule has 0 unspecified atom stereocenters. The van der Waals surface area contributed by atoms with Gasteiger partial charge in [0.25, 0.3) is 5.91 Å². The SMILES string of the molecule is O=C(N[C@H]1C/C=C\C[C@H]2COC[C@@H](C(=O)O)N2C1=O)c1nccc2ccccc12. The highest BCUT2D eigenvalue weighted by molar-refractivity contribution is 6.06. The third-order valence-electron chi connectivity index (χ3n) is 5.29. The number of ether oxygens (including phenoxy) is 1. The summed E-state index contributed by atoms with van der Waals surface area (Å²) in [5.74, 6) is -2.00. The Morgan fingerprint density at radius 1 is 1.14 bits per heavy atom. The zero-order valence-electron chi connectivity index (χ0n) is 15.7. The maximum atomic E-state index is 13.2. The molecule has 1 aromatic heterocycles. The first kappa shape index (κ1) is 19.1. The summed E-state index contributed by atoms with van der Waals surface area (Å²) in [4.78, 5) is 43.4. The number of carbonyl (C=O) groups is 3. The van der Waals surface area contributed by atoms with Crippen molar-refractivity contribution in [2.75, 3.05) is 13.2 Å². The summed E-state index contributed by atoms with van der Waals surface area (Å²) in [5.41, 5.74) is 0.232. The molecule has 1 fully saturated rings. The molecule has 8 heteroatoms. The van der Waals surface area contributed by atoms with Gasteiger partial charge in [0.15, 0.2) is 6.04 Å². The normalized spacial score (nSPS) is 25.6. The number of aliphatic carboxylic acids is 1. The van der Waals surface area contributed by atoms with Crippen molar-refractivity contribution in [3.05, 3.63) is 54.4 Å². The summed E-state index contributed by atoms with van der Waals surface area (Å²) in [7, 11) is 0. The maximum absolute atomic E-state index is 13.2. The van der Waals surface area contributed by atoms with Gasteiger partial charge in [0.05, 0.1) is 19.3 Å². The quantitative estimate of drug-likeness (QED) is 0.760. The third-order valence-corrected chi connectivity index (χ3v) is 5.29. The molecule has 3 atom stereocenters. The largest absolute Gasteiger partial charge is 0.480 e. The van der Waals surface area contributed by atoms with E-state index in [2.05, 4.69) is 10.3 Å². The lowest BCUT2D eigenvalue weighted by atomic mass is 10.00. The van der Waals surface area contributed by atoms with Gasteiger partial charge in [0.2, 0.25) is 5.91 Å². The van der Waals surface area contributed by atoms with Crippen LogP contribution in [0.25, 0.3) is 10.8 Å². The minimum Gasteiger partial charge on any atom is -0.480 e. The molecule has 0 saturated carbocycles. The zero-order chi connectivity index (χ0) is 20.4. The van der Waals surface area contributed by atoms with Gasteiger partial charge in [-0.25, -0.2) is 4.79 Å². The fourth-order valence-electron chi connectivity index (χ4n) is 3.85. The molecule has 0 bridgehead atoms. The number of benzene rings is 1. The minimum absolute atomic E-state index is 0.0627. The summed E-state index contributed by atoms with van der Waals surface area (Å²) < 4.78 is 5.39. The standard InChI is InChI=1S/C21H21N3O5/c25-19(18-15-7-3-1-5-13(15)9-10-22-18)23-16-8-4-2-6-14-11-29-12-17(21(27)28)24(14)20(16)26/h1-5,7,9-10,14,16-17H,6,8,11-12H2,(H,23,25)(H,27,28)/b4-2-/t14-,16-,17-/m0/s1. The molecule has 2 aromatic rings. The van der Waals surface area contributed by atoms with Crippen molar-refractivity contribution in [2.45, 2.75) is 31.0 Å². The van der Waals surface area contributed by atoms with E-state index in [4.69, 9.17) is 4.74 Å². The number of nitrogens with one attached hydrogen (secondary N) is 1. The number of rotatable bonds is 3. The molecular formula is C21H21N3O5. The van der Waals surface area contributed by atoms with Crippen LogP contribution in [0.2, 0.25) is 0 Å². The van der Waals surface area contributed by atoms with E-state index in [1.165, 1.54) is 4.90 Å².